The third-order valence-electron chi connectivity index (χ3n) is 4.27. The number of rotatable bonds is 11. The molecule has 6 heteroatoms. The normalized spacial score (nSPS) is 16.6. The van der Waals surface area contributed by atoms with Crippen molar-refractivity contribution in [1.29, 1.82) is 0 Å². The van der Waals surface area contributed by atoms with E-state index in [1.54, 1.807) is 0 Å². The van der Waals surface area contributed by atoms with Gasteiger partial charge < -0.3 is 9.64 Å². The number of carbonyl (C=O) groups is 2. The van der Waals surface area contributed by atoms with Crippen molar-refractivity contribution in [2.24, 2.45) is 0 Å². The van der Waals surface area contributed by atoms with E-state index in [0.29, 0.717) is 31.0 Å². The zero-order chi connectivity index (χ0) is 17.8. The summed E-state index contributed by atoms with van der Waals surface area (Å²) in [5, 5.41) is 0. The molecule has 1 unspecified atom stereocenters. The number of nitrogens with zero attached hydrogens (tertiary/aromatic N) is 1. The predicted molar refractivity (Wildman–Crippen MR) is 97.1 cm³/mol. The standard InChI is InChI=1S/C18H31NO4S/c1-3-18(21)23-16(2)10-8-6-4-5-7-9-11-17(20)19-12-14-24(22)15-13-19/h3,16H,1,4-15H2,2H3. The van der Waals surface area contributed by atoms with Gasteiger partial charge in [0.2, 0.25) is 5.91 Å². The highest BCUT2D eigenvalue weighted by atomic mass is 32.2. The summed E-state index contributed by atoms with van der Waals surface area (Å²) >= 11 is 0. The molecule has 1 saturated heterocycles. The molecule has 1 aliphatic heterocycles. The van der Waals surface area contributed by atoms with Crippen LogP contribution in [0.1, 0.15) is 58.3 Å². The van der Waals surface area contributed by atoms with Crippen LogP contribution in [0.25, 0.3) is 0 Å². The molecule has 24 heavy (non-hydrogen) atoms. The summed E-state index contributed by atoms with van der Waals surface area (Å²) < 4.78 is 16.4. The van der Waals surface area contributed by atoms with Crippen LogP contribution in [0.15, 0.2) is 12.7 Å². The number of unbranched alkanes of at least 4 members (excludes halogenated alkanes) is 5. The molecule has 1 heterocycles. The molecule has 1 amide bonds. The lowest BCUT2D eigenvalue weighted by Gasteiger charge is -2.26. The van der Waals surface area contributed by atoms with Crippen LogP contribution in [0, 0.1) is 0 Å². The monoisotopic (exact) mass is 357 g/mol. The topological polar surface area (TPSA) is 63.7 Å². The van der Waals surface area contributed by atoms with Gasteiger partial charge in [0.25, 0.3) is 0 Å². The summed E-state index contributed by atoms with van der Waals surface area (Å²) in [5.74, 6) is 1.12. The summed E-state index contributed by atoms with van der Waals surface area (Å²) in [7, 11) is -0.724. The predicted octanol–water partition coefficient (Wildman–Crippen LogP) is 2.82. The van der Waals surface area contributed by atoms with Crippen LogP contribution >= 0.6 is 0 Å². The zero-order valence-corrected chi connectivity index (χ0v) is 15.7. The van der Waals surface area contributed by atoms with Crippen LogP contribution in [0.4, 0.5) is 0 Å². The van der Waals surface area contributed by atoms with Crippen molar-refractivity contribution < 1.29 is 18.5 Å². The second kappa shape index (κ2) is 12.2. The molecule has 1 fully saturated rings. The summed E-state index contributed by atoms with van der Waals surface area (Å²) in [6, 6.07) is 0. The SMILES string of the molecule is C=CC(=O)OC(C)CCCCCCCCC(=O)N1CCS(=O)CC1. The van der Waals surface area contributed by atoms with Gasteiger partial charge in [-0.15, -0.1) is 0 Å². The average molecular weight is 358 g/mol. The average Bonchev–Trinajstić information content (AvgIpc) is 2.57. The Balaban J connectivity index is 1.93. The van der Waals surface area contributed by atoms with Crippen LogP contribution in [0.3, 0.4) is 0 Å². The van der Waals surface area contributed by atoms with Crippen molar-refractivity contribution in [2.75, 3.05) is 24.6 Å². The lowest BCUT2D eigenvalue weighted by atomic mass is 10.1. The molecule has 0 radical (unpaired) electrons. The molecule has 1 aliphatic rings. The minimum Gasteiger partial charge on any atom is -0.460 e. The number of amides is 1. The van der Waals surface area contributed by atoms with Crippen molar-refractivity contribution >= 4 is 22.7 Å². The minimum absolute atomic E-state index is 0.0491. The highest BCUT2D eigenvalue weighted by molar-refractivity contribution is 7.85. The van der Waals surface area contributed by atoms with E-state index in [2.05, 4.69) is 6.58 Å². The first kappa shape index (κ1) is 20.9. The molecule has 5 nitrogen and oxygen atoms in total. The molecule has 0 aromatic heterocycles. The van der Waals surface area contributed by atoms with Gasteiger partial charge in [0.05, 0.1) is 6.10 Å². The molecular formula is C18H31NO4S. The smallest absolute Gasteiger partial charge is 0.330 e. The molecule has 0 bridgehead atoms. The van der Waals surface area contributed by atoms with Crippen molar-refractivity contribution in [3.63, 3.8) is 0 Å². The van der Waals surface area contributed by atoms with E-state index in [4.69, 9.17) is 4.74 Å². The molecular weight excluding hydrogens is 326 g/mol. The molecule has 0 aromatic rings. The second-order valence-corrected chi connectivity index (χ2v) is 8.04. The van der Waals surface area contributed by atoms with Gasteiger partial charge in [-0.3, -0.25) is 9.00 Å². The maximum Gasteiger partial charge on any atom is 0.330 e. The third kappa shape index (κ3) is 9.21. The van der Waals surface area contributed by atoms with Gasteiger partial charge >= 0.3 is 5.97 Å². The van der Waals surface area contributed by atoms with Crippen molar-refractivity contribution in [3.8, 4) is 0 Å². The Morgan fingerprint density at radius 1 is 1.12 bits per heavy atom. The van der Waals surface area contributed by atoms with Crippen LogP contribution in [-0.4, -0.2) is 51.7 Å². The Kier molecular flexibility index (Phi) is 10.6. The first-order valence-electron chi connectivity index (χ1n) is 8.98. The maximum atomic E-state index is 12.0. The van der Waals surface area contributed by atoms with Gasteiger partial charge in [-0.25, -0.2) is 4.79 Å². The maximum absolute atomic E-state index is 12.0. The molecule has 0 saturated carbocycles. The minimum atomic E-state index is -0.724. The van der Waals surface area contributed by atoms with Gasteiger partial charge in [0.15, 0.2) is 0 Å². The van der Waals surface area contributed by atoms with E-state index in [9.17, 15) is 13.8 Å². The summed E-state index contributed by atoms with van der Waals surface area (Å²) in [5.41, 5.74) is 0. The zero-order valence-electron chi connectivity index (χ0n) is 14.8. The first-order chi connectivity index (χ1) is 11.5. The Bertz CT molecular complexity index is 429. The van der Waals surface area contributed by atoms with Crippen LogP contribution < -0.4 is 0 Å². The molecule has 1 atom stereocenters. The van der Waals surface area contributed by atoms with Crippen molar-refractivity contribution in [3.05, 3.63) is 12.7 Å². The van der Waals surface area contributed by atoms with Gasteiger partial charge in [0.1, 0.15) is 0 Å². The molecule has 0 N–H and O–H groups in total. The van der Waals surface area contributed by atoms with Crippen molar-refractivity contribution in [2.45, 2.75) is 64.4 Å². The molecule has 0 aromatic carbocycles. The largest absolute Gasteiger partial charge is 0.460 e. The number of hydrogen-bond acceptors (Lipinski definition) is 4. The lowest BCUT2D eigenvalue weighted by Crippen LogP contribution is -2.41. The van der Waals surface area contributed by atoms with Crippen molar-refractivity contribution in [1.82, 2.24) is 4.90 Å². The Hall–Kier alpha value is -1.17. The third-order valence-corrected chi connectivity index (χ3v) is 5.54. The molecule has 0 aliphatic carbocycles. The van der Waals surface area contributed by atoms with Crippen LogP contribution in [-0.2, 0) is 25.1 Å². The Morgan fingerprint density at radius 2 is 1.71 bits per heavy atom. The summed E-state index contributed by atoms with van der Waals surface area (Å²) in [4.78, 5) is 24.9. The van der Waals surface area contributed by atoms with Crippen LogP contribution in [0.2, 0.25) is 0 Å². The Labute approximate surface area is 148 Å². The van der Waals surface area contributed by atoms with E-state index in [1.807, 2.05) is 11.8 Å². The van der Waals surface area contributed by atoms with E-state index >= 15 is 0 Å². The van der Waals surface area contributed by atoms with E-state index in [0.717, 1.165) is 44.9 Å². The highest BCUT2D eigenvalue weighted by Crippen LogP contribution is 2.12. The lowest BCUT2D eigenvalue weighted by molar-refractivity contribution is -0.142. The molecule has 1 rings (SSSR count). The first-order valence-corrected chi connectivity index (χ1v) is 10.5. The fourth-order valence-corrected chi connectivity index (χ4v) is 3.82. The second-order valence-electron chi connectivity index (χ2n) is 6.34. The Morgan fingerprint density at radius 3 is 2.33 bits per heavy atom. The number of carbonyl (C=O) groups excluding carboxylic acids is 2. The summed E-state index contributed by atoms with van der Waals surface area (Å²) in [6.45, 7) is 6.59. The van der Waals surface area contributed by atoms with E-state index in [1.165, 1.54) is 6.08 Å². The summed E-state index contributed by atoms with van der Waals surface area (Å²) in [6.07, 6.45) is 9.12. The molecule has 0 spiro atoms. The van der Waals surface area contributed by atoms with Gasteiger partial charge in [-0.2, -0.15) is 0 Å². The van der Waals surface area contributed by atoms with Gasteiger partial charge in [0, 0.05) is 47.9 Å². The van der Waals surface area contributed by atoms with E-state index < -0.39 is 10.8 Å². The fraction of sp³-hybridized carbons (Fsp3) is 0.778. The quantitative estimate of drug-likeness (QED) is 0.324. The number of esters is 1. The number of hydrogen-bond donors (Lipinski definition) is 0. The fourth-order valence-electron chi connectivity index (χ4n) is 2.77. The number of ether oxygens (including phenoxy) is 1. The van der Waals surface area contributed by atoms with Crippen LogP contribution in [0.5, 0.6) is 0 Å². The van der Waals surface area contributed by atoms with E-state index in [-0.39, 0.29) is 18.0 Å². The van der Waals surface area contributed by atoms with Gasteiger partial charge in [-0.05, 0) is 26.2 Å². The molecule has 138 valence electrons. The van der Waals surface area contributed by atoms with Gasteiger partial charge in [-0.1, -0.05) is 32.3 Å². The highest BCUT2D eigenvalue weighted by Gasteiger charge is 2.19.